The molecule has 0 bridgehead atoms. The van der Waals surface area contributed by atoms with Crippen molar-refractivity contribution in [3.8, 4) is 0 Å². The lowest BCUT2D eigenvalue weighted by molar-refractivity contribution is 0.0591. The fourth-order valence-electron chi connectivity index (χ4n) is 1.99. The van der Waals surface area contributed by atoms with Crippen LogP contribution >= 0.6 is 11.3 Å². The van der Waals surface area contributed by atoms with Crippen LogP contribution in [-0.2, 0) is 12.8 Å². The van der Waals surface area contributed by atoms with E-state index in [9.17, 15) is 9.50 Å². The Hall–Kier alpha value is -1.26. The van der Waals surface area contributed by atoms with Gasteiger partial charge >= 0.3 is 0 Å². The zero-order valence-electron chi connectivity index (χ0n) is 10.5. The van der Waals surface area contributed by atoms with Crippen molar-refractivity contribution in [3.63, 3.8) is 0 Å². The van der Waals surface area contributed by atoms with Gasteiger partial charge in [-0.25, -0.2) is 9.37 Å². The van der Waals surface area contributed by atoms with E-state index in [4.69, 9.17) is 0 Å². The molecule has 1 aromatic heterocycles. The van der Waals surface area contributed by atoms with E-state index in [1.807, 2.05) is 12.3 Å². The van der Waals surface area contributed by atoms with Crippen molar-refractivity contribution in [2.24, 2.45) is 0 Å². The van der Waals surface area contributed by atoms with Crippen LogP contribution in [-0.4, -0.2) is 15.7 Å². The van der Waals surface area contributed by atoms with Crippen LogP contribution < -0.4 is 0 Å². The Balaban J connectivity index is 2.10. The summed E-state index contributed by atoms with van der Waals surface area (Å²) < 4.78 is 13.5. The minimum Gasteiger partial charge on any atom is -0.389 e. The summed E-state index contributed by atoms with van der Waals surface area (Å²) in [7, 11) is 0. The van der Waals surface area contributed by atoms with Gasteiger partial charge in [-0.3, -0.25) is 0 Å². The maximum atomic E-state index is 13.5. The van der Waals surface area contributed by atoms with Crippen molar-refractivity contribution in [2.45, 2.75) is 32.3 Å². The second-order valence-electron chi connectivity index (χ2n) is 4.80. The van der Waals surface area contributed by atoms with Crippen LogP contribution in [0, 0.1) is 12.7 Å². The zero-order chi connectivity index (χ0) is 13.2. The van der Waals surface area contributed by atoms with Crippen molar-refractivity contribution in [1.29, 1.82) is 0 Å². The van der Waals surface area contributed by atoms with Gasteiger partial charge in [0.25, 0.3) is 0 Å². The number of aliphatic hydroxyl groups is 1. The Kier molecular flexibility index (Phi) is 3.78. The molecule has 96 valence electrons. The maximum Gasteiger partial charge on any atom is 0.126 e. The molecule has 0 radical (unpaired) electrons. The average Bonchev–Trinajstić information content (AvgIpc) is 2.66. The van der Waals surface area contributed by atoms with Gasteiger partial charge in [0.2, 0.25) is 0 Å². The van der Waals surface area contributed by atoms with Crippen LogP contribution in [0.25, 0.3) is 0 Å². The fraction of sp³-hybridized carbons (Fsp3) is 0.357. The highest BCUT2D eigenvalue weighted by Gasteiger charge is 2.24. The molecule has 0 aliphatic carbocycles. The molecule has 1 aromatic carbocycles. The van der Waals surface area contributed by atoms with Crippen molar-refractivity contribution in [1.82, 2.24) is 4.98 Å². The first kappa shape index (κ1) is 13.2. The molecule has 0 aliphatic heterocycles. The van der Waals surface area contributed by atoms with E-state index in [1.54, 1.807) is 36.5 Å². The Morgan fingerprint density at radius 1 is 1.33 bits per heavy atom. The summed E-state index contributed by atoms with van der Waals surface area (Å²) in [5, 5.41) is 13.3. The molecule has 1 atom stereocenters. The molecule has 0 fully saturated rings. The quantitative estimate of drug-likeness (QED) is 0.921. The van der Waals surface area contributed by atoms with Crippen LogP contribution in [0.2, 0.25) is 0 Å². The number of nitrogens with zero attached hydrogens (tertiary/aromatic N) is 1. The van der Waals surface area contributed by atoms with Gasteiger partial charge in [0, 0.05) is 18.2 Å². The normalized spacial score (nSPS) is 14.4. The van der Waals surface area contributed by atoms with E-state index < -0.39 is 5.60 Å². The van der Waals surface area contributed by atoms with Gasteiger partial charge in [-0.2, -0.15) is 0 Å². The van der Waals surface area contributed by atoms with E-state index in [2.05, 4.69) is 4.98 Å². The second kappa shape index (κ2) is 5.16. The first-order valence-electron chi connectivity index (χ1n) is 5.83. The van der Waals surface area contributed by atoms with Crippen molar-refractivity contribution in [2.75, 3.05) is 0 Å². The zero-order valence-corrected chi connectivity index (χ0v) is 11.3. The summed E-state index contributed by atoms with van der Waals surface area (Å²) in [5.41, 5.74) is 0.413. The standard InChI is InChI=1S/C14H16FNOS/c1-10-16-12(9-18-10)8-14(2,17)7-11-5-3-4-6-13(11)15/h3-6,9,17H,7-8H2,1-2H3. The average molecular weight is 265 g/mol. The largest absolute Gasteiger partial charge is 0.389 e. The molecule has 1 unspecified atom stereocenters. The number of hydrogen-bond acceptors (Lipinski definition) is 3. The molecule has 0 aliphatic rings. The number of halogens is 1. The lowest BCUT2D eigenvalue weighted by Gasteiger charge is -2.22. The highest BCUT2D eigenvalue weighted by molar-refractivity contribution is 7.09. The second-order valence-corrected chi connectivity index (χ2v) is 5.86. The van der Waals surface area contributed by atoms with Gasteiger partial charge in [-0.1, -0.05) is 18.2 Å². The Morgan fingerprint density at radius 3 is 2.67 bits per heavy atom. The topological polar surface area (TPSA) is 33.1 Å². The number of aromatic nitrogens is 1. The highest BCUT2D eigenvalue weighted by atomic mass is 32.1. The lowest BCUT2D eigenvalue weighted by atomic mass is 9.92. The minimum atomic E-state index is -0.983. The Bertz CT molecular complexity index is 536. The summed E-state index contributed by atoms with van der Waals surface area (Å²) in [5.74, 6) is -0.271. The molecule has 2 aromatic rings. The number of hydrogen-bond donors (Lipinski definition) is 1. The maximum absolute atomic E-state index is 13.5. The smallest absolute Gasteiger partial charge is 0.126 e. The van der Waals surface area contributed by atoms with Crippen LogP contribution in [0.15, 0.2) is 29.6 Å². The highest BCUT2D eigenvalue weighted by Crippen LogP contribution is 2.21. The van der Waals surface area contributed by atoms with Crippen molar-refractivity contribution in [3.05, 3.63) is 51.7 Å². The van der Waals surface area contributed by atoms with Gasteiger partial charge < -0.3 is 5.11 Å². The van der Waals surface area contributed by atoms with E-state index >= 15 is 0 Å². The number of thiazole rings is 1. The third kappa shape index (κ3) is 3.37. The molecule has 18 heavy (non-hydrogen) atoms. The predicted octanol–water partition coefficient (Wildman–Crippen LogP) is 3.13. The van der Waals surface area contributed by atoms with E-state index in [1.165, 1.54) is 6.07 Å². The van der Waals surface area contributed by atoms with Crippen LogP contribution in [0.4, 0.5) is 4.39 Å². The molecule has 4 heteroatoms. The molecule has 2 nitrogen and oxygen atoms in total. The molecular formula is C14H16FNOS. The summed E-state index contributed by atoms with van der Waals surface area (Å²) in [6, 6.07) is 6.55. The van der Waals surface area contributed by atoms with Gasteiger partial charge in [0.05, 0.1) is 16.3 Å². The molecule has 0 saturated carbocycles. The molecule has 0 amide bonds. The number of aryl methyl sites for hydroxylation is 1. The predicted molar refractivity (Wildman–Crippen MR) is 71.3 cm³/mol. The molecular weight excluding hydrogens is 249 g/mol. The Labute approximate surface area is 110 Å². The fourth-order valence-corrected chi connectivity index (χ4v) is 2.61. The monoisotopic (exact) mass is 265 g/mol. The van der Waals surface area contributed by atoms with Crippen molar-refractivity contribution < 1.29 is 9.50 Å². The van der Waals surface area contributed by atoms with Gasteiger partial charge in [-0.15, -0.1) is 11.3 Å². The van der Waals surface area contributed by atoms with Gasteiger partial charge in [-0.05, 0) is 25.5 Å². The molecule has 2 rings (SSSR count). The summed E-state index contributed by atoms with van der Waals surface area (Å²) in [6.45, 7) is 3.65. The van der Waals surface area contributed by atoms with Crippen molar-refractivity contribution >= 4 is 11.3 Å². The number of benzene rings is 1. The first-order valence-corrected chi connectivity index (χ1v) is 6.71. The molecule has 0 spiro atoms. The Morgan fingerprint density at radius 2 is 2.06 bits per heavy atom. The van der Waals surface area contributed by atoms with Crippen LogP contribution in [0.1, 0.15) is 23.2 Å². The molecule has 0 saturated heterocycles. The first-order chi connectivity index (χ1) is 8.46. The minimum absolute atomic E-state index is 0.271. The van der Waals surface area contributed by atoms with Crippen LogP contribution in [0.5, 0.6) is 0 Å². The molecule has 1 heterocycles. The third-order valence-electron chi connectivity index (χ3n) is 2.76. The summed E-state index contributed by atoms with van der Waals surface area (Å²) in [4.78, 5) is 4.32. The number of rotatable bonds is 4. The third-order valence-corrected chi connectivity index (χ3v) is 3.58. The lowest BCUT2D eigenvalue weighted by Crippen LogP contribution is -2.30. The molecule has 1 N–H and O–H groups in total. The summed E-state index contributed by atoms with van der Waals surface area (Å²) in [6.07, 6.45) is 0.724. The van der Waals surface area contributed by atoms with Gasteiger partial charge in [0.1, 0.15) is 5.82 Å². The van der Waals surface area contributed by atoms with E-state index in [-0.39, 0.29) is 12.2 Å². The van der Waals surface area contributed by atoms with Crippen LogP contribution in [0.3, 0.4) is 0 Å². The van der Waals surface area contributed by atoms with E-state index in [0.717, 1.165) is 10.7 Å². The summed E-state index contributed by atoms with van der Waals surface area (Å²) >= 11 is 1.56. The SMILES string of the molecule is Cc1nc(CC(C)(O)Cc2ccccc2F)cs1. The van der Waals surface area contributed by atoms with Gasteiger partial charge in [0.15, 0.2) is 0 Å². The van der Waals surface area contributed by atoms with E-state index in [0.29, 0.717) is 12.0 Å².